The van der Waals surface area contributed by atoms with Gasteiger partial charge in [-0.3, -0.25) is 4.79 Å². The van der Waals surface area contributed by atoms with E-state index in [1.165, 1.54) is 30.3 Å². The molecule has 1 atom stereocenters. The van der Waals surface area contributed by atoms with Crippen LogP contribution < -0.4 is 10.6 Å². The third-order valence-corrected chi connectivity index (χ3v) is 5.23. The second-order valence-corrected chi connectivity index (χ2v) is 7.16. The van der Waals surface area contributed by atoms with Gasteiger partial charge in [0.2, 0.25) is 5.91 Å². The van der Waals surface area contributed by atoms with Crippen LogP contribution in [0.3, 0.4) is 0 Å². The number of rotatable bonds is 4. The SMILES string of the molecule is C[C@@H](C(=O)Nc1ccc(F)cc1F)C1CCN(C(=O)Nc2ccc(F)cc2)CC1. The van der Waals surface area contributed by atoms with Crippen molar-refractivity contribution in [1.82, 2.24) is 4.90 Å². The summed E-state index contributed by atoms with van der Waals surface area (Å²) in [5.74, 6) is -2.60. The number of carbonyl (C=O) groups is 2. The van der Waals surface area contributed by atoms with Crippen LogP contribution in [-0.2, 0) is 4.79 Å². The molecule has 0 aliphatic carbocycles. The molecule has 2 aromatic rings. The van der Waals surface area contributed by atoms with Crippen LogP contribution in [-0.4, -0.2) is 29.9 Å². The molecule has 1 fully saturated rings. The van der Waals surface area contributed by atoms with Crippen molar-refractivity contribution in [1.29, 1.82) is 0 Å². The maximum absolute atomic E-state index is 13.7. The maximum Gasteiger partial charge on any atom is 0.321 e. The van der Waals surface area contributed by atoms with Crippen molar-refractivity contribution in [2.75, 3.05) is 23.7 Å². The minimum Gasteiger partial charge on any atom is -0.325 e. The Morgan fingerprint density at radius 3 is 2.21 bits per heavy atom. The maximum atomic E-state index is 13.7. The third-order valence-electron chi connectivity index (χ3n) is 5.23. The molecule has 1 saturated heterocycles. The molecule has 5 nitrogen and oxygen atoms in total. The first kappa shape index (κ1) is 20.7. The van der Waals surface area contributed by atoms with Gasteiger partial charge < -0.3 is 15.5 Å². The monoisotopic (exact) mass is 405 g/mol. The quantitative estimate of drug-likeness (QED) is 0.780. The summed E-state index contributed by atoms with van der Waals surface area (Å²) in [6.07, 6.45) is 1.24. The van der Waals surface area contributed by atoms with Gasteiger partial charge in [0, 0.05) is 30.8 Å². The summed E-state index contributed by atoms with van der Waals surface area (Å²) in [6.45, 7) is 2.70. The van der Waals surface area contributed by atoms with E-state index < -0.39 is 11.6 Å². The Morgan fingerprint density at radius 1 is 0.966 bits per heavy atom. The van der Waals surface area contributed by atoms with Gasteiger partial charge in [0.15, 0.2) is 0 Å². The van der Waals surface area contributed by atoms with E-state index in [1.807, 2.05) is 0 Å². The number of likely N-dealkylation sites (tertiary alicyclic amines) is 1. The first-order valence-electron chi connectivity index (χ1n) is 9.41. The fourth-order valence-corrected chi connectivity index (χ4v) is 3.39. The second kappa shape index (κ2) is 8.98. The van der Waals surface area contributed by atoms with Crippen LogP contribution >= 0.6 is 0 Å². The molecular formula is C21H22F3N3O2. The molecule has 1 aliphatic heterocycles. The number of amides is 3. The Labute approximate surface area is 166 Å². The highest BCUT2D eigenvalue weighted by atomic mass is 19.1. The van der Waals surface area contributed by atoms with Crippen molar-refractivity contribution in [2.45, 2.75) is 19.8 Å². The molecule has 29 heavy (non-hydrogen) atoms. The zero-order valence-corrected chi connectivity index (χ0v) is 15.9. The van der Waals surface area contributed by atoms with Gasteiger partial charge in [-0.05, 0) is 55.2 Å². The number of nitrogens with one attached hydrogen (secondary N) is 2. The van der Waals surface area contributed by atoms with Crippen molar-refractivity contribution in [3.05, 3.63) is 59.9 Å². The zero-order valence-electron chi connectivity index (χ0n) is 15.9. The lowest BCUT2D eigenvalue weighted by Crippen LogP contribution is -2.43. The molecule has 1 heterocycles. The van der Waals surface area contributed by atoms with Crippen LogP contribution in [0.2, 0.25) is 0 Å². The van der Waals surface area contributed by atoms with Gasteiger partial charge in [-0.15, -0.1) is 0 Å². The minimum atomic E-state index is -0.821. The van der Waals surface area contributed by atoms with E-state index in [0.29, 0.717) is 31.6 Å². The van der Waals surface area contributed by atoms with E-state index in [1.54, 1.807) is 11.8 Å². The van der Waals surface area contributed by atoms with Gasteiger partial charge in [0.25, 0.3) is 0 Å². The Kier molecular flexibility index (Phi) is 6.41. The first-order chi connectivity index (χ1) is 13.8. The standard InChI is InChI=1S/C21H22F3N3O2/c1-13(20(28)26-19-7-4-16(23)12-18(19)24)14-8-10-27(11-9-14)21(29)25-17-5-2-15(22)3-6-17/h2-7,12-14H,8-11H2,1H3,(H,25,29)(H,26,28)/t13-/m1/s1. The van der Waals surface area contributed by atoms with Crippen LogP contribution in [0.25, 0.3) is 0 Å². The molecule has 0 bridgehead atoms. The molecule has 8 heteroatoms. The van der Waals surface area contributed by atoms with Crippen LogP contribution in [0.5, 0.6) is 0 Å². The van der Waals surface area contributed by atoms with Crippen molar-refractivity contribution in [2.24, 2.45) is 11.8 Å². The Morgan fingerprint density at radius 2 is 1.59 bits per heavy atom. The number of benzene rings is 2. The molecule has 0 unspecified atom stereocenters. The Balaban J connectivity index is 1.50. The van der Waals surface area contributed by atoms with Crippen LogP contribution in [0, 0.1) is 29.3 Å². The molecule has 2 N–H and O–H groups in total. The van der Waals surface area contributed by atoms with E-state index in [2.05, 4.69) is 10.6 Å². The lowest BCUT2D eigenvalue weighted by Gasteiger charge is -2.34. The first-order valence-corrected chi connectivity index (χ1v) is 9.41. The summed E-state index contributed by atoms with van der Waals surface area (Å²) in [5, 5.41) is 5.22. The highest BCUT2D eigenvalue weighted by molar-refractivity contribution is 5.92. The highest BCUT2D eigenvalue weighted by Crippen LogP contribution is 2.27. The molecule has 1 aliphatic rings. The average Bonchev–Trinajstić information content (AvgIpc) is 2.71. The van der Waals surface area contributed by atoms with Crippen molar-refractivity contribution in [3.63, 3.8) is 0 Å². The van der Waals surface area contributed by atoms with Crippen molar-refractivity contribution >= 4 is 23.3 Å². The molecule has 3 amide bonds. The summed E-state index contributed by atoms with van der Waals surface area (Å²) in [5.41, 5.74) is 0.451. The summed E-state index contributed by atoms with van der Waals surface area (Å²) < 4.78 is 39.7. The van der Waals surface area contributed by atoms with Gasteiger partial charge in [0.05, 0.1) is 5.69 Å². The number of piperidine rings is 1. The summed E-state index contributed by atoms with van der Waals surface area (Å²) in [6, 6.07) is 8.23. The molecule has 0 spiro atoms. The predicted octanol–water partition coefficient (Wildman–Crippen LogP) is 4.62. The summed E-state index contributed by atoms with van der Waals surface area (Å²) >= 11 is 0. The van der Waals surface area contributed by atoms with Crippen LogP contribution in [0.4, 0.5) is 29.3 Å². The van der Waals surface area contributed by atoms with Gasteiger partial charge >= 0.3 is 6.03 Å². The summed E-state index contributed by atoms with van der Waals surface area (Å²) in [7, 11) is 0. The normalized spacial score (nSPS) is 15.7. The number of halogens is 3. The van der Waals surface area contributed by atoms with Crippen LogP contribution in [0.15, 0.2) is 42.5 Å². The predicted molar refractivity (Wildman–Crippen MR) is 104 cm³/mol. The number of carbonyl (C=O) groups excluding carboxylic acids is 2. The molecule has 0 saturated carbocycles. The number of hydrogen-bond acceptors (Lipinski definition) is 2. The van der Waals surface area contributed by atoms with E-state index in [-0.39, 0.29) is 35.3 Å². The molecule has 0 aromatic heterocycles. The summed E-state index contributed by atoms with van der Waals surface area (Å²) in [4.78, 5) is 26.4. The van der Waals surface area contributed by atoms with Gasteiger partial charge in [-0.2, -0.15) is 0 Å². The Bertz CT molecular complexity index is 881. The lowest BCUT2D eigenvalue weighted by atomic mass is 9.85. The molecule has 2 aromatic carbocycles. The van der Waals surface area contributed by atoms with E-state index in [4.69, 9.17) is 0 Å². The number of nitrogens with zero attached hydrogens (tertiary/aromatic N) is 1. The number of hydrogen-bond donors (Lipinski definition) is 2. The highest BCUT2D eigenvalue weighted by Gasteiger charge is 2.30. The molecular weight excluding hydrogens is 383 g/mol. The number of anilines is 2. The number of urea groups is 1. The van der Waals surface area contributed by atoms with E-state index >= 15 is 0 Å². The van der Waals surface area contributed by atoms with Crippen molar-refractivity contribution < 1.29 is 22.8 Å². The van der Waals surface area contributed by atoms with Gasteiger partial charge in [-0.25, -0.2) is 18.0 Å². The van der Waals surface area contributed by atoms with Gasteiger partial charge in [-0.1, -0.05) is 6.92 Å². The lowest BCUT2D eigenvalue weighted by molar-refractivity contribution is -0.121. The van der Waals surface area contributed by atoms with E-state index in [9.17, 15) is 22.8 Å². The largest absolute Gasteiger partial charge is 0.325 e. The van der Waals surface area contributed by atoms with Gasteiger partial charge in [0.1, 0.15) is 17.5 Å². The zero-order chi connectivity index (χ0) is 21.0. The fourth-order valence-electron chi connectivity index (χ4n) is 3.39. The van der Waals surface area contributed by atoms with Crippen molar-refractivity contribution in [3.8, 4) is 0 Å². The fraction of sp³-hybridized carbons (Fsp3) is 0.333. The second-order valence-electron chi connectivity index (χ2n) is 7.16. The Hall–Kier alpha value is -3.03. The molecule has 3 rings (SSSR count). The van der Waals surface area contributed by atoms with E-state index in [0.717, 1.165) is 12.1 Å². The minimum absolute atomic E-state index is 0.0355. The van der Waals surface area contributed by atoms with Crippen LogP contribution in [0.1, 0.15) is 19.8 Å². The smallest absolute Gasteiger partial charge is 0.321 e. The molecule has 154 valence electrons. The molecule has 0 radical (unpaired) electrons. The topological polar surface area (TPSA) is 61.4 Å². The third kappa shape index (κ3) is 5.28. The average molecular weight is 405 g/mol.